The van der Waals surface area contributed by atoms with Crippen LogP contribution in [0, 0.1) is 5.41 Å². The predicted molar refractivity (Wildman–Crippen MR) is 109 cm³/mol. The minimum absolute atomic E-state index is 0.0969. The van der Waals surface area contributed by atoms with Gasteiger partial charge >= 0.3 is 0 Å². The number of guanidine groups is 1. The number of aliphatic hydroxyl groups is 1. The minimum atomic E-state index is -0.670. The molecule has 3 rings (SSSR count). The minimum Gasteiger partial charge on any atom is -0.390 e. The van der Waals surface area contributed by atoms with Crippen LogP contribution >= 0.6 is 0 Å². The topological polar surface area (TPSA) is 112 Å². The zero-order valence-corrected chi connectivity index (χ0v) is 16.6. The van der Waals surface area contributed by atoms with Crippen molar-refractivity contribution in [2.45, 2.75) is 70.4 Å². The van der Waals surface area contributed by atoms with Gasteiger partial charge in [0.25, 0.3) is 5.89 Å². The van der Waals surface area contributed by atoms with E-state index in [1.165, 1.54) is 44.1 Å². The fourth-order valence-corrected chi connectivity index (χ4v) is 3.75. The Bertz CT molecular complexity index is 758. The average Bonchev–Trinajstić information content (AvgIpc) is 3.31. The maximum absolute atomic E-state index is 10.2. The van der Waals surface area contributed by atoms with Crippen molar-refractivity contribution in [3.63, 3.8) is 0 Å². The second-order valence-corrected chi connectivity index (χ2v) is 7.55. The molecule has 2 atom stereocenters. The average molecular weight is 386 g/mol. The van der Waals surface area contributed by atoms with E-state index < -0.39 is 12.1 Å². The van der Waals surface area contributed by atoms with Crippen LogP contribution in [0.25, 0.3) is 11.4 Å². The van der Waals surface area contributed by atoms with E-state index in [0.717, 1.165) is 12.0 Å². The Morgan fingerprint density at radius 3 is 2.64 bits per heavy atom. The zero-order chi connectivity index (χ0) is 19.9. The van der Waals surface area contributed by atoms with E-state index in [4.69, 9.17) is 15.7 Å². The first-order valence-corrected chi connectivity index (χ1v) is 10.3. The first-order valence-electron chi connectivity index (χ1n) is 10.3. The van der Waals surface area contributed by atoms with Gasteiger partial charge < -0.3 is 20.3 Å². The SMILES string of the molecule is CCCCCCCCc1ccc(-c2noc([C@@H]3[C@@H](O)CCN3C(=N)N)n2)cc1. The van der Waals surface area contributed by atoms with Gasteiger partial charge in [-0.1, -0.05) is 68.4 Å². The third-order valence-electron chi connectivity index (χ3n) is 5.40. The van der Waals surface area contributed by atoms with Gasteiger partial charge in [0, 0.05) is 12.1 Å². The Morgan fingerprint density at radius 2 is 1.93 bits per heavy atom. The Kier molecular flexibility index (Phi) is 7.03. The number of nitrogens with two attached hydrogens (primary N) is 1. The molecular weight excluding hydrogens is 354 g/mol. The number of rotatable bonds is 9. The summed E-state index contributed by atoms with van der Waals surface area (Å²) >= 11 is 0. The monoisotopic (exact) mass is 385 g/mol. The van der Waals surface area contributed by atoms with Gasteiger partial charge in [-0.2, -0.15) is 4.98 Å². The number of nitrogens with one attached hydrogen (secondary N) is 1. The van der Waals surface area contributed by atoms with Crippen LogP contribution < -0.4 is 5.73 Å². The van der Waals surface area contributed by atoms with Crippen molar-refractivity contribution in [3.05, 3.63) is 35.7 Å². The summed E-state index contributed by atoms with van der Waals surface area (Å²) in [5.41, 5.74) is 7.80. The summed E-state index contributed by atoms with van der Waals surface area (Å²) in [6.07, 6.45) is 8.73. The van der Waals surface area contributed by atoms with Crippen LogP contribution in [0.3, 0.4) is 0 Å². The van der Waals surface area contributed by atoms with Gasteiger partial charge in [-0.05, 0) is 24.8 Å². The molecule has 7 nitrogen and oxygen atoms in total. The summed E-state index contributed by atoms with van der Waals surface area (Å²) < 4.78 is 5.38. The van der Waals surface area contributed by atoms with Crippen molar-refractivity contribution >= 4 is 5.96 Å². The number of aromatic nitrogens is 2. The van der Waals surface area contributed by atoms with Crippen molar-refractivity contribution in [1.29, 1.82) is 5.41 Å². The molecule has 0 spiro atoms. The van der Waals surface area contributed by atoms with Crippen molar-refractivity contribution < 1.29 is 9.63 Å². The van der Waals surface area contributed by atoms with Gasteiger partial charge in [0.05, 0.1) is 6.10 Å². The number of nitrogens with zero attached hydrogens (tertiary/aromatic N) is 3. The maximum atomic E-state index is 10.2. The summed E-state index contributed by atoms with van der Waals surface area (Å²) in [5.74, 6) is 0.690. The Morgan fingerprint density at radius 1 is 1.21 bits per heavy atom. The summed E-state index contributed by atoms with van der Waals surface area (Å²) in [6, 6.07) is 7.70. The van der Waals surface area contributed by atoms with Crippen molar-refractivity contribution in [2.24, 2.45) is 5.73 Å². The number of hydrogen-bond donors (Lipinski definition) is 3. The van der Waals surface area contributed by atoms with Crippen LogP contribution in [0.4, 0.5) is 0 Å². The van der Waals surface area contributed by atoms with Gasteiger partial charge in [-0.25, -0.2) is 0 Å². The van der Waals surface area contributed by atoms with Crippen LogP contribution in [-0.2, 0) is 6.42 Å². The first-order chi connectivity index (χ1) is 13.6. The van der Waals surface area contributed by atoms with E-state index in [2.05, 4.69) is 29.2 Å². The van der Waals surface area contributed by atoms with E-state index in [-0.39, 0.29) is 5.96 Å². The van der Waals surface area contributed by atoms with Crippen LogP contribution in [0.1, 0.15) is 69.4 Å². The van der Waals surface area contributed by atoms with Gasteiger partial charge in [0.2, 0.25) is 5.82 Å². The van der Waals surface area contributed by atoms with E-state index in [9.17, 15) is 5.11 Å². The van der Waals surface area contributed by atoms with Crippen LogP contribution in [0.5, 0.6) is 0 Å². The van der Waals surface area contributed by atoms with E-state index in [1.807, 2.05) is 12.1 Å². The fraction of sp³-hybridized carbons (Fsp3) is 0.571. The Labute approximate surface area is 166 Å². The van der Waals surface area contributed by atoms with Crippen LogP contribution in [0.2, 0.25) is 0 Å². The standard InChI is InChI=1S/C21H31N5O2/c1-2-3-4-5-6-7-8-15-9-11-16(12-10-15)19-24-20(28-25-19)18-17(27)13-14-26(18)21(22)23/h9-12,17-18,27H,2-8,13-14H2,1H3,(H3,22,23)/t17-,18-/m0/s1. The molecule has 2 heterocycles. The molecule has 1 aliphatic rings. The molecule has 2 aromatic rings. The largest absolute Gasteiger partial charge is 0.390 e. The van der Waals surface area contributed by atoms with Crippen LogP contribution in [0.15, 0.2) is 28.8 Å². The molecule has 1 fully saturated rings. The predicted octanol–water partition coefficient (Wildman–Crippen LogP) is 3.64. The highest BCUT2D eigenvalue weighted by molar-refractivity contribution is 5.75. The van der Waals surface area contributed by atoms with E-state index in [0.29, 0.717) is 24.7 Å². The van der Waals surface area contributed by atoms with Crippen LogP contribution in [-0.4, -0.2) is 38.8 Å². The first kappa shape index (κ1) is 20.3. The smallest absolute Gasteiger partial charge is 0.252 e. The summed E-state index contributed by atoms with van der Waals surface area (Å²) in [6.45, 7) is 2.75. The third kappa shape index (κ3) is 4.90. The lowest BCUT2D eigenvalue weighted by Gasteiger charge is -2.22. The van der Waals surface area contributed by atoms with Gasteiger partial charge in [0.15, 0.2) is 5.96 Å². The lowest BCUT2D eigenvalue weighted by molar-refractivity contribution is 0.118. The molecule has 0 amide bonds. The number of unbranched alkanes of at least 4 members (excludes halogenated alkanes) is 5. The Balaban J connectivity index is 1.58. The number of hydrogen-bond acceptors (Lipinski definition) is 5. The number of aliphatic hydroxyl groups excluding tert-OH is 1. The van der Waals surface area contributed by atoms with Crippen molar-refractivity contribution in [3.8, 4) is 11.4 Å². The van der Waals surface area contributed by atoms with Crippen molar-refractivity contribution in [2.75, 3.05) is 6.54 Å². The highest BCUT2D eigenvalue weighted by Gasteiger charge is 2.39. The summed E-state index contributed by atoms with van der Waals surface area (Å²) in [5, 5.41) is 21.9. The molecule has 1 aromatic heterocycles. The highest BCUT2D eigenvalue weighted by Crippen LogP contribution is 2.32. The molecule has 4 N–H and O–H groups in total. The Hall–Kier alpha value is -2.41. The molecule has 1 saturated heterocycles. The second kappa shape index (κ2) is 9.68. The molecule has 1 aliphatic heterocycles. The van der Waals surface area contributed by atoms with Crippen molar-refractivity contribution in [1.82, 2.24) is 15.0 Å². The maximum Gasteiger partial charge on any atom is 0.252 e. The number of aryl methyl sites for hydroxylation is 1. The summed E-state index contributed by atoms with van der Waals surface area (Å²) in [7, 11) is 0. The molecule has 0 aliphatic carbocycles. The highest BCUT2D eigenvalue weighted by atomic mass is 16.5. The molecule has 152 valence electrons. The second-order valence-electron chi connectivity index (χ2n) is 7.55. The van der Waals surface area contributed by atoms with Gasteiger partial charge in [-0.15, -0.1) is 0 Å². The number of likely N-dealkylation sites (tertiary alicyclic amines) is 1. The van der Waals surface area contributed by atoms with E-state index in [1.54, 1.807) is 4.90 Å². The lowest BCUT2D eigenvalue weighted by Crippen LogP contribution is -2.37. The van der Waals surface area contributed by atoms with E-state index >= 15 is 0 Å². The summed E-state index contributed by atoms with van der Waals surface area (Å²) in [4.78, 5) is 6.04. The normalized spacial score (nSPS) is 19.3. The molecule has 0 radical (unpaired) electrons. The molecule has 1 aromatic carbocycles. The molecule has 0 saturated carbocycles. The fourth-order valence-electron chi connectivity index (χ4n) is 3.75. The molecule has 28 heavy (non-hydrogen) atoms. The molecule has 0 bridgehead atoms. The molecular formula is C21H31N5O2. The lowest BCUT2D eigenvalue weighted by atomic mass is 10.0. The van der Waals surface area contributed by atoms with Gasteiger partial charge in [-0.3, -0.25) is 5.41 Å². The molecule has 0 unspecified atom stereocenters. The third-order valence-corrected chi connectivity index (χ3v) is 5.40. The molecule has 7 heteroatoms. The quantitative estimate of drug-likeness (QED) is 0.345. The van der Waals surface area contributed by atoms with Gasteiger partial charge in [0.1, 0.15) is 6.04 Å². The number of benzene rings is 1. The zero-order valence-electron chi connectivity index (χ0n) is 16.6.